The van der Waals surface area contributed by atoms with E-state index >= 15 is 0 Å². The third-order valence-corrected chi connectivity index (χ3v) is 10.4. The third kappa shape index (κ3) is 38.7. The molecule has 9 heteroatoms. The summed E-state index contributed by atoms with van der Waals surface area (Å²) in [6.07, 6.45) is 35.3. The molecule has 0 aromatic heterocycles. The van der Waals surface area contributed by atoms with Crippen LogP contribution in [0.1, 0.15) is 200 Å². The fourth-order valence-electron chi connectivity index (χ4n) is 6.08. The van der Waals surface area contributed by atoms with Crippen LogP contribution in [0, 0.1) is 0 Å². The Labute approximate surface area is 310 Å². The van der Waals surface area contributed by atoms with E-state index in [1.54, 1.807) is 0 Å². The minimum absolute atomic E-state index is 0.0312. The molecule has 0 aliphatic rings. The van der Waals surface area contributed by atoms with Gasteiger partial charge in [-0.15, -0.1) is 0 Å². The fraction of sp³-hybridized carbons (Fsp3) is 0.976. The molecule has 0 rings (SSSR count). The lowest BCUT2D eigenvalue weighted by Gasteiger charge is -2.28. The van der Waals surface area contributed by atoms with Gasteiger partial charge in [-0.25, -0.2) is 0 Å². The minimum Gasteiger partial charge on any atom is -0.756 e. The molecule has 0 aliphatic carbocycles. The Morgan fingerprint density at radius 3 is 1.32 bits per heavy atom. The summed E-state index contributed by atoms with van der Waals surface area (Å²) in [5.41, 5.74) is 0. The van der Waals surface area contributed by atoms with E-state index in [2.05, 4.69) is 13.8 Å². The monoisotopic (exact) mass is 734 g/mol. The first kappa shape index (κ1) is 49.5. The number of carbonyl (C=O) groups excluding carboxylic acids is 1. The summed E-state index contributed by atoms with van der Waals surface area (Å²) < 4.78 is 34.5. The number of quaternary nitrogens is 1. The highest BCUT2D eigenvalue weighted by Crippen LogP contribution is 2.38. The number of ether oxygens (including phenoxy) is 2. The van der Waals surface area contributed by atoms with Crippen LogP contribution < -0.4 is 4.89 Å². The normalized spacial score (nSPS) is 13.8. The molecule has 0 heterocycles. The van der Waals surface area contributed by atoms with Crippen molar-refractivity contribution in [2.75, 3.05) is 54.1 Å². The minimum atomic E-state index is -4.51. The first-order valence-electron chi connectivity index (χ1n) is 21.3. The number of carbonyl (C=O) groups is 1. The molecule has 0 aliphatic heterocycles. The van der Waals surface area contributed by atoms with E-state index in [-0.39, 0.29) is 25.8 Å². The Kier molecular flexibility index (Phi) is 35.2. The molecular weight excluding hydrogens is 649 g/mol. The maximum absolute atomic E-state index is 12.6. The van der Waals surface area contributed by atoms with Crippen molar-refractivity contribution in [1.82, 2.24) is 0 Å². The first-order valence-corrected chi connectivity index (χ1v) is 22.7. The van der Waals surface area contributed by atoms with Crippen LogP contribution in [0.4, 0.5) is 0 Å². The number of unbranched alkanes of at least 4 members (excludes halogenated alkanes) is 26. The Morgan fingerprint density at radius 2 is 0.920 bits per heavy atom. The second kappa shape index (κ2) is 35.5. The maximum Gasteiger partial charge on any atom is 0.306 e. The van der Waals surface area contributed by atoms with Crippen molar-refractivity contribution < 1.29 is 37.3 Å². The highest BCUT2D eigenvalue weighted by Gasteiger charge is 2.20. The molecule has 2 atom stereocenters. The second-order valence-electron chi connectivity index (χ2n) is 15.7. The van der Waals surface area contributed by atoms with E-state index in [0.29, 0.717) is 24.1 Å². The summed E-state index contributed by atoms with van der Waals surface area (Å²) in [4.78, 5) is 25.0. The summed E-state index contributed by atoms with van der Waals surface area (Å²) in [6.45, 7) is 5.46. The van der Waals surface area contributed by atoms with Gasteiger partial charge in [-0.3, -0.25) is 9.36 Å². The smallest absolute Gasteiger partial charge is 0.306 e. The van der Waals surface area contributed by atoms with Crippen LogP contribution in [0.3, 0.4) is 0 Å². The standard InChI is InChI=1S/C41H84NO7P/c1-6-8-10-12-14-16-18-20-22-24-26-28-30-32-34-41(43)49-40(39-48-50(44,45)47-37-35-42(3,4)5)38-46-36-33-31-29-27-25-23-21-19-17-15-13-11-9-7-2/h40H,6-39H2,1-5H3/t40-/m1/s1. The number of esters is 1. The summed E-state index contributed by atoms with van der Waals surface area (Å²) in [6, 6.07) is 0. The molecule has 0 saturated heterocycles. The number of nitrogens with zero attached hydrogens (tertiary/aromatic N) is 1. The molecular formula is C41H84NO7P. The lowest BCUT2D eigenvalue weighted by molar-refractivity contribution is -0.870. The number of hydrogen-bond donors (Lipinski definition) is 0. The Hall–Kier alpha value is -0.500. The van der Waals surface area contributed by atoms with Crippen LogP contribution in [0.25, 0.3) is 0 Å². The highest BCUT2D eigenvalue weighted by molar-refractivity contribution is 7.45. The molecule has 1 unspecified atom stereocenters. The van der Waals surface area contributed by atoms with Crippen molar-refractivity contribution in [2.45, 2.75) is 206 Å². The molecule has 0 saturated carbocycles. The maximum atomic E-state index is 12.6. The molecule has 0 aromatic rings. The highest BCUT2D eigenvalue weighted by atomic mass is 31.2. The fourth-order valence-corrected chi connectivity index (χ4v) is 6.81. The van der Waals surface area contributed by atoms with Crippen LogP contribution in [0.15, 0.2) is 0 Å². The van der Waals surface area contributed by atoms with Gasteiger partial charge in [0.1, 0.15) is 19.3 Å². The average molecular weight is 734 g/mol. The molecule has 0 spiro atoms. The molecule has 8 nitrogen and oxygen atoms in total. The molecule has 300 valence electrons. The van der Waals surface area contributed by atoms with Crippen molar-refractivity contribution in [3.63, 3.8) is 0 Å². The molecule has 0 aromatic carbocycles. The quantitative estimate of drug-likeness (QED) is 0.0268. The van der Waals surface area contributed by atoms with Crippen LogP contribution in [-0.2, 0) is 27.9 Å². The lowest BCUT2D eigenvalue weighted by atomic mass is 10.0. The van der Waals surface area contributed by atoms with Gasteiger partial charge in [-0.2, -0.15) is 0 Å². The SMILES string of the molecule is CCCCCCCCCCCCCCCCOC[C@H](COP(=O)([O-])OCC[N+](C)(C)C)OC(=O)CCCCCCCCCCCCCCCC. The van der Waals surface area contributed by atoms with E-state index in [1.165, 1.54) is 148 Å². The van der Waals surface area contributed by atoms with Gasteiger partial charge in [-0.1, -0.05) is 181 Å². The molecule has 0 radical (unpaired) electrons. The molecule has 0 N–H and O–H groups in total. The predicted molar refractivity (Wildman–Crippen MR) is 208 cm³/mol. The van der Waals surface area contributed by atoms with Gasteiger partial charge < -0.3 is 27.9 Å². The number of hydrogen-bond acceptors (Lipinski definition) is 7. The van der Waals surface area contributed by atoms with Gasteiger partial charge >= 0.3 is 5.97 Å². The zero-order chi connectivity index (χ0) is 37.0. The van der Waals surface area contributed by atoms with Crippen LogP contribution in [0.2, 0.25) is 0 Å². The largest absolute Gasteiger partial charge is 0.756 e. The first-order chi connectivity index (χ1) is 24.1. The average Bonchev–Trinajstić information content (AvgIpc) is 3.06. The number of phosphoric acid groups is 1. The second-order valence-corrected chi connectivity index (χ2v) is 17.1. The van der Waals surface area contributed by atoms with E-state index in [4.69, 9.17) is 18.5 Å². The summed E-state index contributed by atoms with van der Waals surface area (Å²) in [7, 11) is 1.37. The van der Waals surface area contributed by atoms with Gasteiger partial charge in [0, 0.05) is 13.0 Å². The topological polar surface area (TPSA) is 94.1 Å². The van der Waals surface area contributed by atoms with Crippen LogP contribution in [0.5, 0.6) is 0 Å². The van der Waals surface area contributed by atoms with Crippen molar-refractivity contribution in [1.29, 1.82) is 0 Å². The summed E-state index contributed by atoms with van der Waals surface area (Å²) >= 11 is 0. The van der Waals surface area contributed by atoms with E-state index in [1.807, 2.05) is 21.1 Å². The Bertz CT molecular complexity index is 777. The number of phosphoric ester groups is 1. The Morgan fingerprint density at radius 1 is 0.540 bits per heavy atom. The molecule has 0 amide bonds. The zero-order valence-electron chi connectivity index (χ0n) is 33.9. The van der Waals surface area contributed by atoms with E-state index < -0.39 is 13.9 Å². The Balaban J connectivity index is 4.21. The van der Waals surface area contributed by atoms with Crippen molar-refractivity contribution in [2.24, 2.45) is 0 Å². The van der Waals surface area contributed by atoms with Crippen molar-refractivity contribution in [3.05, 3.63) is 0 Å². The number of likely N-dealkylation sites (N-methyl/N-ethyl adjacent to an activating group) is 1. The predicted octanol–water partition coefficient (Wildman–Crippen LogP) is 11.5. The van der Waals surface area contributed by atoms with Gasteiger partial charge in [0.15, 0.2) is 0 Å². The van der Waals surface area contributed by atoms with Crippen molar-refractivity contribution >= 4 is 13.8 Å². The zero-order valence-corrected chi connectivity index (χ0v) is 34.8. The van der Waals surface area contributed by atoms with Crippen LogP contribution in [-0.4, -0.2) is 70.7 Å². The van der Waals surface area contributed by atoms with Crippen molar-refractivity contribution in [3.8, 4) is 0 Å². The molecule has 0 fully saturated rings. The summed E-state index contributed by atoms with van der Waals surface area (Å²) in [5.74, 6) is -0.329. The van der Waals surface area contributed by atoms with E-state index in [9.17, 15) is 14.3 Å². The molecule has 0 bridgehead atoms. The van der Waals surface area contributed by atoms with Gasteiger partial charge in [0.2, 0.25) is 0 Å². The molecule has 50 heavy (non-hydrogen) atoms. The number of rotatable bonds is 40. The van der Waals surface area contributed by atoms with Gasteiger partial charge in [0.05, 0.1) is 34.4 Å². The third-order valence-electron chi connectivity index (χ3n) is 9.41. The van der Waals surface area contributed by atoms with E-state index in [0.717, 1.165) is 32.1 Å². The van der Waals surface area contributed by atoms with Gasteiger partial charge in [-0.05, 0) is 12.8 Å². The lowest BCUT2D eigenvalue weighted by Crippen LogP contribution is -2.37. The van der Waals surface area contributed by atoms with Gasteiger partial charge in [0.25, 0.3) is 7.82 Å². The van der Waals surface area contributed by atoms with Crippen LogP contribution >= 0.6 is 7.82 Å². The summed E-state index contributed by atoms with van der Waals surface area (Å²) in [5, 5.41) is 0.